The molecule has 100 valence electrons. The predicted octanol–water partition coefficient (Wildman–Crippen LogP) is 1.72. The van der Waals surface area contributed by atoms with Crippen LogP contribution in [0.1, 0.15) is 24.6 Å². The van der Waals surface area contributed by atoms with E-state index < -0.39 is 0 Å². The van der Waals surface area contributed by atoms with Gasteiger partial charge in [-0.3, -0.25) is 0 Å². The van der Waals surface area contributed by atoms with Crippen molar-refractivity contribution in [3.63, 3.8) is 0 Å². The number of nitrogens with zero attached hydrogens (tertiary/aromatic N) is 2. The second-order valence-electron chi connectivity index (χ2n) is 4.79. The summed E-state index contributed by atoms with van der Waals surface area (Å²) in [6.07, 6.45) is 1.41. The maximum atomic E-state index is 5.69. The minimum Gasteiger partial charge on any atom is -0.375 e. The number of ether oxygens (including phenoxy) is 1. The van der Waals surface area contributed by atoms with Crippen LogP contribution in [0, 0.1) is 6.92 Å². The molecular weight excluding hydrogens is 226 g/mol. The Morgan fingerprint density at radius 1 is 1.50 bits per heavy atom. The predicted molar refractivity (Wildman–Crippen MR) is 74.0 cm³/mol. The first-order valence-corrected chi connectivity index (χ1v) is 6.72. The lowest BCUT2D eigenvalue weighted by Gasteiger charge is -2.33. The minimum absolute atomic E-state index is 0.345. The Kier molecular flexibility index (Phi) is 4.55. The normalized spacial score (nSPS) is 20.2. The van der Waals surface area contributed by atoms with Gasteiger partial charge in [0, 0.05) is 25.3 Å². The van der Waals surface area contributed by atoms with Crippen LogP contribution in [0.5, 0.6) is 0 Å². The molecule has 1 N–H and O–H groups in total. The van der Waals surface area contributed by atoms with Crippen LogP contribution in [0.3, 0.4) is 0 Å². The number of aryl methyl sites for hydroxylation is 1. The first kappa shape index (κ1) is 13.3. The highest BCUT2D eigenvalue weighted by Gasteiger charge is 2.20. The molecule has 4 nitrogen and oxygen atoms in total. The fourth-order valence-corrected chi connectivity index (χ4v) is 2.30. The lowest BCUT2D eigenvalue weighted by atomic mass is 10.2. The molecule has 1 aliphatic heterocycles. The van der Waals surface area contributed by atoms with Crippen LogP contribution in [-0.2, 0) is 11.3 Å². The van der Waals surface area contributed by atoms with Crippen molar-refractivity contribution < 1.29 is 4.74 Å². The standard InChI is InChI=1S/C14H23N3O/c1-4-13-10-17(7-8-18-13)14-6-5-12(9-15-3)11(2)16-14/h5-6,13,15H,4,7-10H2,1-3H3. The van der Waals surface area contributed by atoms with E-state index in [-0.39, 0.29) is 0 Å². The summed E-state index contributed by atoms with van der Waals surface area (Å²) in [5.41, 5.74) is 2.38. The summed E-state index contributed by atoms with van der Waals surface area (Å²) in [5.74, 6) is 1.08. The zero-order valence-corrected chi connectivity index (χ0v) is 11.6. The second-order valence-corrected chi connectivity index (χ2v) is 4.79. The number of aromatic nitrogens is 1. The molecule has 4 heteroatoms. The zero-order valence-electron chi connectivity index (χ0n) is 11.6. The van der Waals surface area contributed by atoms with Gasteiger partial charge in [-0.25, -0.2) is 4.98 Å². The molecule has 0 spiro atoms. The monoisotopic (exact) mass is 249 g/mol. The molecule has 2 rings (SSSR count). The number of hydrogen-bond donors (Lipinski definition) is 1. The van der Waals surface area contributed by atoms with Crippen LogP contribution < -0.4 is 10.2 Å². The Balaban J connectivity index is 2.10. The fraction of sp³-hybridized carbons (Fsp3) is 0.643. The summed E-state index contributed by atoms with van der Waals surface area (Å²) < 4.78 is 5.69. The maximum Gasteiger partial charge on any atom is 0.128 e. The largest absolute Gasteiger partial charge is 0.375 e. The highest BCUT2D eigenvalue weighted by atomic mass is 16.5. The van der Waals surface area contributed by atoms with Crippen molar-refractivity contribution in [3.05, 3.63) is 23.4 Å². The van der Waals surface area contributed by atoms with E-state index in [9.17, 15) is 0 Å². The molecule has 1 aromatic heterocycles. The third-order valence-corrected chi connectivity index (χ3v) is 3.47. The molecule has 1 fully saturated rings. The van der Waals surface area contributed by atoms with Gasteiger partial charge in [0.2, 0.25) is 0 Å². The van der Waals surface area contributed by atoms with Crippen molar-refractivity contribution >= 4 is 5.82 Å². The average molecular weight is 249 g/mol. The van der Waals surface area contributed by atoms with Crippen LogP contribution in [0.2, 0.25) is 0 Å². The van der Waals surface area contributed by atoms with Gasteiger partial charge in [-0.1, -0.05) is 13.0 Å². The molecule has 0 radical (unpaired) electrons. The van der Waals surface area contributed by atoms with Crippen molar-refractivity contribution in [1.82, 2.24) is 10.3 Å². The van der Waals surface area contributed by atoms with E-state index in [1.165, 1.54) is 5.56 Å². The number of morpholine rings is 1. The van der Waals surface area contributed by atoms with Gasteiger partial charge >= 0.3 is 0 Å². The maximum absolute atomic E-state index is 5.69. The van der Waals surface area contributed by atoms with Crippen LogP contribution in [0.4, 0.5) is 5.82 Å². The van der Waals surface area contributed by atoms with Crippen LogP contribution in [0.15, 0.2) is 12.1 Å². The third kappa shape index (κ3) is 3.00. The van der Waals surface area contributed by atoms with Crippen LogP contribution in [-0.4, -0.2) is 37.8 Å². The molecule has 18 heavy (non-hydrogen) atoms. The van der Waals surface area contributed by atoms with Crippen molar-refractivity contribution in [3.8, 4) is 0 Å². The smallest absolute Gasteiger partial charge is 0.128 e. The Morgan fingerprint density at radius 2 is 2.33 bits per heavy atom. The highest BCUT2D eigenvalue weighted by Crippen LogP contribution is 2.18. The molecule has 0 saturated carbocycles. The Hall–Kier alpha value is -1.13. The molecule has 2 heterocycles. The quantitative estimate of drug-likeness (QED) is 0.882. The summed E-state index contributed by atoms with van der Waals surface area (Å²) >= 11 is 0. The topological polar surface area (TPSA) is 37.4 Å². The van der Waals surface area contributed by atoms with Crippen molar-refractivity contribution in [2.75, 3.05) is 31.6 Å². The Morgan fingerprint density at radius 3 is 3.00 bits per heavy atom. The molecule has 1 unspecified atom stereocenters. The van der Waals surface area contributed by atoms with Crippen molar-refractivity contribution in [2.24, 2.45) is 0 Å². The van der Waals surface area contributed by atoms with Gasteiger partial charge in [0.25, 0.3) is 0 Å². The molecule has 0 bridgehead atoms. The first-order chi connectivity index (χ1) is 8.74. The number of nitrogens with one attached hydrogen (secondary N) is 1. The van der Waals surface area contributed by atoms with E-state index in [1.807, 2.05) is 7.05 Å². The lowest BCUT2D eigenvalue weighted by molar-refractivity contribution is 0.0381. The summed E-state index contributed by atoms with van der Waals surface area (Å²) in [7, 11) is 1.96. The van der Waals surface area contributed by atoms with E-state index in [2.05, 4.69) is 36.2 Å². The van der Waals surface area contributed by atoms with Crippen molar-refractivity contribution in [1.29, 1.82) is 0 Å². The van der Waals surface area contributed by atoms with Crippen LogP contribution in [0.25, 0.3) is 0 Å². The van der Waals surface area contributed by atoms with E-state index >= 15 is 0 Å². The van der Waals surface area contributed by atoms with Gasteiger partial charge in [-0.2, -0.15) is 0 Å². The highest BCUT2D eigenvalue weighted by molar-refractivity contribution is 5.42. The van der Waals surface area contributed by atoms with Gasteiger partial charge in [-0.05, 0) is 32.0 Å². The average Bonchev–Trinajstić information content (AvgIpc) is 2.41. The molecule has 1 aromatic rings. The van der Waals surface area contributed by atoms with Gasteiger partial charge < -0.3 is 15.0 Å². The minimum atomic E-state index is 0.345. The summed E-state index contributed by atoms with van der Waals surface area (Å²) in [4.78, 5) is 7.04. The van der Waals surface area contributed by atoms with Gasteiger partial charge in [0.1, 0.15) is 5.82 Å². The second kappa shape index (κ2) is 6.16. The fourth-order valence-electron chi connectivity index (χ4n) is 2.30. The number of pyridine rings is 1. The lowest BCUT2D eigenvalue weighted by Crippen LogP contribution is -2.42. The molecule has 1 aliphatic rings. The number of rotatable bonds is 4. The van der Waals surface area contributed by atoms with Gasteiger partial charge in [0.15, 0.2) is 0 Å². The number of anilines is 1. The molecule has 0 amide bonds. The summed E-state index contributed by atoms with van der Waals surface area (Å²) in [6, 6.07) is 4.29. The Bertz CT molecular complexity index is 395. The van der Waals surface area contributed by atoms with Gasteiger partial charge in [0.05, 0.1) is 12.7 Å². The summed E-state index contributed by atoms with van der Waals surface area (Å²) in [6.45, 7) is 7.82. The molecule has 0 aliphatic carbocycles. The zero-order chi connectivity index (χ0) is 13.0. The molecular formula is C14H23N3O. The molecule has 1 saturated heterocycles. The molecule has 1 atom stereocenters. The van der Waals surface area contributed by atoms with E-state index in [1.54, 1.807) is 0 Å². The SMILES string of the molecule is CCC1CN(c2ccc(CNC)c(C)n2)CCO1. The van der Waals surface area contributed by atoms with Gasteiger partial charge in [-0.15, -0.1) is 0 Å². The number of hydrogen-bond acceptors (Lipinski definition) is 4. The van der Waals surface area contributed by atoms with E-state index in [0.717, 1.165) is 44.2 Å². The summed E-state index contributed by atoms with van der Waals surface area (Å²) in [5, 5.41) is 3.17. The van der Waals surface area contributed by atoms with Crippen LogP contribution >= 0.6 is 0 Å². The molecule has 0 aromatic carbocycles. The van der Waals surface area contributed by atoms with E-state index in [4.69, 9.17) is 9.72 Å². The Labute approximate surface area is 109 Å². The third-order valence-electron chi connectivity index (χ3n) is 3.47. The van der Waals surface area contributed by atoms with Crippen molar-refractivity contribution in [2.45, 2.75) is 32.9 Å². The van der Waals surface area contributed by atoms with E-state index in [0.29, 0.717) is 6.10 Å². The first-order valence-electron chi connectivity index (χ1n) is 6.72.